The van der Waals surface area contributed by atoms with Crippen molar-refractivity contribution in [2.75, 3.05) is 6.54 Å². The van der Waals surface area contributed by atoms with Crippen LogP contribution < -0.4 is 0 Å². The van der Waals surface area contributed by atoms with E-state index in [0.29, 0.717) is 17.4 Å². The Morgan fingerprint density at radius 1 is 1.65 bits per heavy atom. The molecule has 0 bridgehead atoms. The van der Waals surface area contributed by atoms with E-state index in [1.54, 1.807) is 6.07 Å². The number of carbonyl (C=O) groups is 2. The molecule has 0 spiro atoms. The molecule has 2 heterocycles. The zero-order valence-corrected chi connectivity index (χ0v) is 11.5. The second-order valence-electron chi connectivity index (χ2n) is 4.11. The first-order chi connectivity index (χ1) is 7.99. The van der Waals surface area contributed by atoms with Crippen molar-refractivity contribution in [3.05, 3.63) is 27.5 Å². The smallest absolute Gasteiger partial charge is 0.263 e. The maximum absolute atomic E-state index is 12.1. The van der Waals surface area contributed by atoms with Crippen molar-refractivity contribution in [1.82, 2.24) is 9.88 Å². The molecule has 1 aliphatic rings. The number of rotatable bonds is 1. The molecule has 2 rings (SSSR count). The van der Waals surface area contributed by atoms with Gasteiger partial charge in [0.25, 0.3) is 5.91 Å². The monoisotopic (exact) mass is 316 g/mol. The Hall–Kier alpha value is -0.940. The molecule has 90 valence electrons. The van der Waals surface area contributed by atoms with E-state index in [2.05, 4.69) is 20.9 Å². The van der Waals surface area contributed by atoms with Crippen molar-refractivity contribution in [3.8, 4) is 0 Å². The van der Waals surface area contributed by atoms with E-state index in [4.69, 9.17) is 11.6 Å². The SMILES string of the molecule is CC1CC(=O)N(C(=O)c2cc(Br)cnc2Cl)C1. The minimum absolute atomic E-state index is 0.116. The molecular formula is C11H10BrClN2O2. The summed E-state index contributed by atoms with van der Waals surface area (Å²) < 4.78 is 0.657. The minimum Gasteiger partial charge on any atom is -0.278 e. The summed E-state index contributed by atoms with van der Waals surface area (Å²) in [5.74, 6) is -0.331. The van der Waals surface area contributed by atoms with Crippen LogP contribution in [-0.2, 0) is 4.79 Å². The number of likely N-dealkylation sites (tertiary alicyclic amines) is 1. The maximum atomic E-state index is 12.1. The number of nitrogens with zero attached hydrogens (tertiary/aromatic N) is 2. The lowest BCUT2D eigenvalue weighted by molar-refractivity contribution is -0.125. The summed E-state index contributed by atoms with van der Waals surface area (Å²) in [6.45, 7) is 2.38. The van der Waals surface area contributed by atoms with E-state index in [-0.39, 0.29) is 28.4 Å². The first-order valence-corrected chi connectivity index (χ1v) is 6.32. The molecule has 1 aromatic heterocycles. The number of aromatic nitrogens is 1. The predicted octanol–water partition coefficient (Wildman–Crippen LogP) is 2.51. The minimum atomic E-state index is -0.377. The third-order valence-electron chi connectivity index (χ3n) is 2.60. The Balaban J connectivity index is 2.31. The Morgan fingerprint density at radius 3 is 2.94 bits per heavy atom. The van der Waals surface area contributed by atoms with Gasteiger partial charge < -0.3 is 0 Å². The fourth-order valence-corrected chi connectivity index (χ4v) is 2.32. The fraction of sp³-hybridized carbons (Fsp3) is 0.364. The van der Waals surface area contributed by atoms with Gasteiger partial charge in [0.2, 0.25) is 5.91 Å². The van der Waals surface area contributed by atoms with E-state index in [0.717, 1.165) is 0 Å². The van der Waals surface area contributed by atoms with Crippen molar-refractivity contribution in [3.63, 3.8) is 0 Å². The van der Waals surface area contributed by atoms with Crippen LogP contribution in [0.25, 0.3) is 0 Å². The molecular weight excluding hydrogens is 307 g/mol. The van der Waals surface area contributed by atoms with Gasteiger partial charge in [-0.15, -0.1) is 0 Å². The number of amides is 2. The second-order valence-corrected chi connectivity index (χ2v) is 5.38. The molecule has 0 radical (unpaired) electrons. The van der Waals surface area contributed by atoms with Crippen LogP contribution in [0.5, 0.6) is 0 Å². The van der Waals surface area contributed by atoms with Crippen LogP contribution in [0.3, 0.4) is 0 Å². The van der Waals surface area contributed by atoms with E-state index < -0.39 is 0 Å². The Morgan fingerprint density at radius 2 is 2.35 bits per heavy atom. The average molecular weight is 318 g/mol. The molecule has 0 aromatic carbocycles. The Kier molecular flexibility index (Phi) is 3.49. The lowest BCUT2D eigenvalue weighted by Gasteiger charge is -2.14. The summed E-state index contributed by atoms with van der Waals surface area (Å²) in [6.07, 6.45) is 1.92. The molecule has 0 saturated carbocycles. The number of pyridine rings is 1. The zero-order valence-electron chi connectivity index (χ0n) is 9.11. The predicted molar refractivity (Wildman–Crippen MR) is 66.8 cm³/mol. The molecule has 0 N–H and O–H groups in total. The third-order valence-corrected chi connectivity index (χ3v) is 3.33. The maximum Gasteiger partial charge on any atom is 0.263 e. The summed E-state index contributed by atoms with van der Waals surface area (Å²) in [5, 5.41) is 0.116. The zero-order chi connectivity index (χ0) is 12.6. The van der Waals surface area contributed by atoms with Crippen molar-refractivity contribution < 1.29 is 9.59 Å². The summed E-state index contributed by atoms with van der Waals surface area (Å²) in [4.78, 5) is 28.9. The van der Waals surface area contributed by atoms with E-state index >= 15 is 0 Å². The summed E-state index contributed by atoms with van der Waals surface area (Å²) in [6, 6.07) is 1.58. The number of imide groups is 1. The fourth-order valence-electron chi connectivity index (χ4n) is 1.80. The first kappa shape index (κ1) is 12.5. The molecule has 0 aliphatic carbocycles. The van der Waals surface area contributed by atoms with Gasteiger partial charge in [-0.05, 0) is 27.9 Å². The van der Waals surface area contributed by atoms with Gasteiger partial charge in [-0.1, -0.05) is 18.5 Å². The van der Waals surface area contributed by atoms with Gasteiger partial charge in [0, 0.05) is 23.6 Å². The quantitative estimate of drug-likeness (QED) is 0.591. The summed E-state index contributed by atoms with van der Waals surface area (Å²) >= 11 is 9.09. The van der Waals surface area contributed by atoms with Crippen LogP contribution in [0.2, 0.25) is 5.15 Å². The van der Waals surface area contributed by atoms with E-state index in [1.165, 1.54) is 11.1 Å². The molecule has 17 heavy (non-hydrogen) atoms. The lowest BCUT2D eigenvalue weighted by atomic mass is 10.2. The lowest BCUT2D eigenvalue weighted by Crippen LogP contribution is -2.32. The van der Waals surface area contributed by atoms with Crippen molar-refractivity contribution in [2.24, 2.45) is 5.92 Å². The highest BCUT2D eigenvalue weighted by molar-refractivity contribution is 9.10. The van der Waals surface area contributed by atoms with Gasteiger partial charge in [0.15, 0.2) is 0 Å². The molecule has 6 heteroatoms. The first-order valence-electron chi connectivity index (χ1n) is 5.14. The van der Waals surface area contributed by atoms with Crippen LogP contribution in [0, 0.1) is 5.92 Å². The highest BCUT2D eigenvalue weighted by Crippen LogP contribution is 2.24. The van der Waals surface area contributed by atoms with E-state index in [1.807, 2.05) is 6.92 Å². The molecule has 1 fully saturated rings. The topological polar surface area (TPSA) is 50.3 Å². The molecule has 1 atom stereocenters. The molecule has 1 unspecified atom stereocenters. The van der Waals surface area contributed by atoms with Crippen LogP contribution in [0.4, 0.5) is 0 Å². The highest BCUT2D eigenvalue weighted by Gasteiger charge is 2.33. The van der Waals surface area contributed by atoms with E-state index in [9.17, 15) is 9.59 Å². The van der Waals surface area contributed by atoms with Gasteiger partial charge in [-0.2, -0.15) is 0 Å². The highest BCUT2D eigenvalue weighted by atomic mass is 79.9. The Labute approximate surface area is 112 Å². The number of hydrogen-bond donors (Lipinski definition) is 0. The largest absolute Gasteiger partial charge is 0.278 e. The van der Waals surface area contributed by atoms with Crippen molar-refractivity contribution >= 4 is 39.3 Å². The van der Waals surface area contributed by atoms with Gasteiger partial charge in [0.05, 0.1) is 5.56 Å². The summed E-state index contributed by atoms with van der Waals surface area (Å²) in [7, 11) is 0. The van der Waals surface area contributed by atoms with Crippen LogP contribution in [0.15, 0.2) is 16.7 Å². The Bertz CT molecular complexity index is 492. The standard InChI is InChI=1S/C11H10BrClN2O2/c1-6-2-9(16)15(5-6)11(17)8-3-7(12)4-14-10(8)13/h3-4,6H,2,5H2,1H3. The average Bonchev–Trinajstić information content (AvgIpc) is 2.60. The van der Waals surface area contributed by atoms with Gasteiger partial charge in [-0.25, -0.2) is 4.98 Å². The summed E-state index contributed by atoms with van der Waals surface area (Å²) in [5.41, 5.74) is 0.253. The number of carbonyl (C=O) groups excluding carboxylic acids is 2. The van der Waals surface area contributed by atoms with Gasteiger partial charge in [0.1, 0.15) is 5.15 Å². The molecule has 4 nitrogen and oxygen atoms in total. The van der Waals surface area contributed by atoms with Gasteiger partial charge >= 0.3 is 0 Å². The van der Waals surface area contributed by atoms with Crippen molar-refractivity contribution in [1.29, 1.82) is 0 Å². The third kappa shape index (κ3) is 2.50. The molecule has 1 aromatic rings. The van der Waals surface area contributed by atoms with Crippen molar-refractivity contribution in [2.45, 2.75) is 13.3 Å². The second kappa shape index (κ2) is 4.74. The van der Waals surface area contributed by atoms with Crippen LogP contribution in [0.1, 0.15) is 23.7 Å². The van der Waals surface area contributed by atoms with Gasteiger partial charge in [-0.3, -0.25) is 14.5 Å². The molecule has 1 saturated heterocycles. The normalized spacial score (nSPS) is 19.8. The van der Waals surface area contributed by atoms with Crippen LogP contribution in [-0.4, -0.2) is 28.2 Å². The number of hydrogen-bond acceptors (Lipinski definition) is 3. The van der Waals surface area contributed by atoms with Crippen LogP contribution >= 0.6 is 27.5 Å². The molecule has 1 aliphatic heterocycles. The molecule has 2 amide bonds. The number of halogens is 2.